The van der Waals surface area contributed by atoms with E-state index in [0.717, 1.165) is 0 Å². The number of esters is 1. The Balaban J connectivity index is 0.000000495. The van der Waals surface area contributed by atoms with E-state index >= 15 is 0 Å². The van der Waals surface area contributed by atoms with Crippen molar-refractivity contribution in [3.05, 3.63) is 48.0 Å². The average molecular weight is 375 g/mol. The Hall–Kier alpha value is -1.87. The van der Waals surface area contributed by atoms with E-state index in [-0.39, 0.29) is 23.6 Å². The molecule has 0 bridgehead atoms. The van der Waals surface area contributed by atoms with E-state index in [4.69, 9.17) is 9.47 Å². The number of fused-ring (bicyclic) bond motifs is 1. The molecule has 0 aromatic heterocycles. The molecule has 0 aliphatic carbocycles. The Morgan fingerprint density at radius 1 is 0.926 bits per heavy atom. The van der Waals surface area contributed by atoms with E-state index in [9.17, 15) is 4.79 Å². The van der Waals surface area contributed by atoms with Crippen LogP contribution in [0, 0.1) is 5.92 Å². The first-order valence-corrected chi connectivity index (χ1v) is 9.91. The number of carbonyl (C=O) groups is 1. The van der Waals surface area contributed by atoms with Crippen LogP contribution in [0.5, 0.6) is 0 Å². The minimum atomic E-state index is -0.346. The normalized spacial score (nSPS) is 10.8. The van der Waals surface area contributed by atoms with Crippen molar-refractivity contribution in [2.45, 2.75) is 80.6 Å². The van der Waals surface area contributed by atoms with Crippen LogP contribution >= 0.6 is 0 Å². The number of carbonyl (C=O) groups excluding carboxylic acids is 1. The lowest BCUT2D eigenvalue weighted by Crippen LogP contribution is -2.26. The van der Waals surface area contributed by atoms with Gasteiger partial charge in [-0.15, -0.1) is 0 Å². The first kappa shape index (κ1) is 25.1. The summed E-state index contributed by atoms with van der Waals surface area (Å²) in [5, 5.41) is 2.57. The van der Waals surface area contributed by atoms with Gasteiger partial charge in [0.2, 0.25) is 0 Å². The quantitative estimate of drug-likeness (QED) is 0.554. The summed E-state index contributed by atoms with van der Waals surface area (Å²) in [5.74, 6) is -0.160. The van der Waals surface area contributed by atoms with Crippen LogP contribution in [0.25, 0.3) is 10.8 Å². The fraction of sp³-hybridized carbons (Fsp3) is 0.542. The molecule has 0 N–H and O–H groups in total. The van der Waals surface area contributed by atoms with Gasteiger partial charge in [-0.3, -0.25) is 4.79 Å². The van der Waals surface area contributed by atoms with Gasteiger partial charge in [-0.2, -0.15) is 0 Å². The van der Waals surface area contributed by atoms with Crippen LogP contribution in [0.15, 0.2) is 42.5 Å². The molecule has 0 atom stereocenters. The van der Waals surface area contributed by atoms with Crippen molar-refractivity contribution in [3.63, 3.8) is 0 Å². The number of rotatable bonds is 4. The molecule has 2 aromatic carbocycles. The highest BCUT2D eigenvalue weighted by Gasteiger charge is 2.18. The van der Waals surface area contributed by atoms with Crippen LogP contribution in [0.3, 0.4) is 0 Å². The van der Waals surface area contributed by atoms with Crippen LogP contribution in [0.1, 0.15) is 67.9 Å². The Kier molecular flexibility index (Phi) is 11.6. The molecular formula is C24H38O3. The fourth-order valence-electron chi connectivity index (χ4n) is 2.09. The number of hydrogen-bond donors (Lipinski definition) is 0. The first-order chi connectivity index (χ1) is 12.6. The molecule has 0 unspecified atom stereocenters. The van der Waals surface area contributed by atoms with Crippen molar-refractivity contribution < 1.29 is 14.3 Å². The number of ether oxygens (including phenoxy) is 2. The molecule has 3 heteroatoms. The third-order valence-corrected chi connectivity index (χ3v) is 3.33. The molecule has 3 nitrogen and oxygen atoms in total. The van der Waals surface area contributed by atoms with E-state index in [1.165, 1.54) is 16.3 Å². The summed E-state index contributed by atoms with van der Waals surface area (Å²) in [4.78, 5) is 10.9. The molecule has 0 aliphatic rings. The molecule has 0 aliphatic heterocycles. The monoisotopic (exact) mass is 374 g/mol. The van der Waals surface area contributed by atoms with E-state index in [1.54, 1.807) is 0 Å². The molecule has 152 valence electrons. The third-order valence-electron chi connectivity index (χ3n) is 3.33. The summed E-state index contributed by atoms with van der Waals surface area (Å²) in [6.45, 7) is 18.1. The van der Waals surface area contributed by atoms with Gasteiger partial charge in [-0.25, -0.2) is 0 Å². The highest BCUT2D eigenvalue weighted by Crippen LogP contribution is 2.19. The van der Waals surface area contributed by atoms with E-state index < -0.39 is 0 Å². The first-order valence-electron chi connectivity index (χ1n) is 9.91. The maximum atomic E-state index is 10.9. The molecule has 0 spiro atoms. The predicted molar refractivity (Wildman–Crippen MR) is 116 cm³/mol. The second-order valence-corrected chi connectivity index (χ2v) is 7.69. The van der Waals surface area contributed by atoms with Crippen molar-refractivity contribution >= 4 is 16.7 Å². The lowest BCUT2D eigenvalue weighted by Gasteiger charge is -2.20. The Bertz CT molecular complexity index is 661. The van der Waals surface area contributed by atoms with Gasteiger partial charge in [0, 0.05) is 0 Å². The largest absolute Gasteiger partial charge is 0.460 e. The topological polar surface area (TPSA) is 35.5 Å². The predicted octanol–water partition coefficient (Wildman–Crippen LogP) is 6.78. The smallest absolute Gasteiger partial charge is 0.308 e. The van der Waals surface area contributed by atoms with Crippen molar-refractivity contribution in [1.82, 2.24) is 0 Å². The van der Waals surface area contributed by atoms with Crippen LogP contribution in [0.2, 0.25) is 0 Å². The van der Waals surface area contributed by atoms with Crippen LogP contribution < -0.4 is 0 Å². The van der Waals surface area contributed by atoms with E-state index in [0.29, 0.717) is 6.61 Å². The van der Waals surface area contributed by atoms with Crippen LogP contribution in [-0.4, -0.2) is 17.7 Å². The molecule has 0 amide bonds. The molecule has 2 aromatic rings. The highest BCUT2D eigenvalue weighted by molar-refractivity contribution is 5.85. The lowest BCUT2D eigenvalue weighted by atomic mass is 10.1. The second-order valence-electron chi connectivity index (χ2n) is 7.69. The highest BCUT2D eigenvalue weighted by atomic mass is 16.6. The molecule has 0 saturated heterocycles. The zero-order valence-electron chi connectivity index (χ0n) is 18.6. The molecule has 0 heterocycles. The molecule has 0 radical (unpaired) electrons. The number of benzene rings is 2. The maximum absolute atomic E-state index is 10.9. The van der Waals surface area contributed by atoms with Crippen LogP contribution in [-0.2, 0) is 20.9 Å². The zero-order valence-corrected chi connectivity index (χ0v) is 18.6. The van der Waals surface area contributed by atoms with Gasteiger partial charge < -0.3 is 9.47 Å². The van der Waals surface area contributed by atoms with Crippen molar-refractivity contribution in [2.24, 2.45) is 5.92 Å². The molecule has 0 fully saturated rings. The Labute approximate surface area is 166 Å². The fourth-order valence-corrected chi connectivity index (χ4v) is 2.09. The summed E-state index contributed by atoms with van der Waals surface area (Å²) in [7, 11) is 0. The summed E-state index contributed by atoms with van der Waals surface area (Å²) in [6.07, 6.45) is 0.281. The molecular weight excluding hydrogens is 336 g/mol. The summed E-state index contributed by atoms with van der Waals surface area (Å²) in [5.41, 5.74) is 0.920. The van der Waals surface area contributed by atoms with Crippen molar-refractivity contribution in [2.75, 3.05) is 0 Å². The molecule has 27 heavy (non-hydrogen) atoms. The van der Waals surface area contributed by atoms with Gasteiger partial charge in [0.15, 0.2) is 0 Å². The lowest BCUT2D eigenvalue weighted by molar-refractivity contribution is -0.158. The van der Waals surface area contributed by atoms with E-state index in [2.05, 4.69) is 56.3 Å². The summed E-state index contributed by atoms with van der Waals surface area (Å²) in [6, 6.07) is 14.8. The third kappa shape index (κ3) is 10.8. The van der Waals surface area contributed by atoms with Gasteiger partial charge >= 0.3 is 5.97 Å². The Morgan fingerprint density at radius 2 is 1.48 bits per heavy atom. The maximum Gasteiger partial charge on any atom is 0.308 e. The second kappa shape index (κ2) is 12.5. The molecule has 0 saturated carbocycles. The minimum Gasteiger partial charge on any atom is -0.460 e. The van der Waals surface area contributed by atoms with Gasteiger partial charge in [0.1, 0.15) is 5.60 Å². The van der Waals surface area contributed by atoms with Gasteiger partial charge in [0.05, 0.1) is 18.6 Å². The average Bonchev–Trinajstić information content (AvgIpc) is 2.60. The standard InChI is InChI=1S/C14H16O.C8H16O2.C2H6/c1-11(2)15-10-13-8-5-7-12-6-3-4-9-14(12)13;1-6(2)7(9)10-8(3,4)5;1-2/h3-9,11H,10H2,1-2H3;6H,1-5H3;1-2H3. The zero-order chi connectivity index (χ0) is 21.0. The van der Waals surface area contributed by atoms with E-state index in [1.807, 2.05) is 48.5 Å². The molecule has 2 rings (SSSR count). The summed E-state index contributed by atoms with van der Waals surface area (Å²) >= 11 is 0. The number of hydrogen-bond acceptors (Lipinski definition) is 3. The van der Waals surface area contributed by atoms with Crippen LogP contribution in [0.4, 0.5) is 0 Å². The Morgan fingerprint density at radius 3 is 1.96 bits per heavy atom. The minimum absolute atomic E-state index is 0.0285. The van der Waals surface area contributed by atoms with Crippen molar-refractivity contribution in [1.29, 1.82) is 0 Å². The van der Waals surface area contributed by atoms with Gasteiger partial charge in [0.25, 0.3) is 0 Å². The van der Waals surface area contributed by atoms with Crippen molar-refractivity contribution in [3.8, 4) is 0 Å². The van der Waals surface area contributed by atoms with Gasteiger partial charge in [-0.05, 0) is 51.0 Å². The summed E-state index contributed by atoms with van der Waals surface area (Å²) < 4.78 is 10.7. The van der Waals surface area contributed by atoms with Gasteiger partial charge in [-0.1, -0.05) is 70.2 Å². The SMILES string of the molecule is CC.CC(C)C(=O)OC(C)(C)C.CC(C)OCc1cccc2ccccc12.